The van der Waals surface area contributed by atoms with Gasteiger partial charge in [0.1, 0.15) is 36.8 Å². The number of rotatable bonds is 11. The molecular weight excluding hydrogens is 800 g/mol. The number of cyclic esters (lactones) is 1. The Labute approximate surface area is 355 Å². The van der Waals surface area contributed by atoms with Crippen molar-refractivity contribution in [2.24, 2.45) is 28.6 Å². The van der Waals surface area contributed by atoms with E-state index in [4.69, 9.17) is 37.9 Å². The molecule has 2 aliphatic heterocycles. The molecular formula is C44H60O17. The maximum absolute atomic E-state index is 14.6. The maximum Gasteiger partial charge on any atom is 0.337 e. The first-order chi connectivity index (χ1) is 28.4. The highest BCUT2D eigenvalue weighted by molar-refractivity contribution is 5.91. The first kappa shape index (κ1) is 46.3. The first-order valence-corrected chi connectivity index (χ1v) is 21.1. The molecule has 0 unspecified atom stereocenters. The van der Waals surface area contributed by atoms with E-state index in [9.17, 15) is 43.8 Å². The molecule has 0 aromatic heterocycles. The van der Waals surface area contributed by atoms with Gasteiger partial charge in [0.05, 0.1) is 22.7 Å². The normalized spacial score (nSPS) is 39.2. The number of ketones is 1. The van der Waals surface area contributed by atoms with E-state index in [0.717, 1.165) is 26.3 Å². The van der Waals surface area contributed by atoms with Gasteiger partial charge in [0.2, 0.25) is 0 Å². The third-order valence-corrected chi connectivity index (χ3v) is 14.7. The fraction of sp³-hybridized carbons (Fsp3) is 0.750. The fourth-order valence-corrected chi connectivity index (χ4v) is 11.7. The van der Waals surface area contributed by atoms with Crippen LogP contribution in [0.4, 0.5) is 0 Å². The van der Waals surface area contributed by atoms with Crippen LogP contribution >= 0.6 is 0 Å². The van der Waals surface area contributed by atoms with Crippen molar-refractivity contribution in [3.8, 4) is 0 Å². The summed E-state index contributed by atoms with van der Waals surface area (Å²) in [7, 11) is 0. The second-order valence-electron chi connectivity index (χ2n) is 18.4. The van der Waals surface area contributed by atoms with Crippen molar-refractivity contribution in [3.63, 3.8) is 0 Å². The molecule has 0 radical (unpaired) electrons. The minimum absolute atomic E-state index is 0.0731. The van der Waals surface area contributed by atoms with Crippen molar-refractivity contribution < 1.29 is 81.7 Å². The lowest BCUT2D eigenvalue weighted by Gasteiger charge is -2.61. The number of carbonyl (C=O) groups is 7. The Morgan fingerprint density at radius 2 is 1.44 bits per heavy atom. The number of allylic oxidation sites excluding steroid dienone is 1. The van der Waals surface area contributed by atoms with E-state index in [2.05, 4.69) is 0 Å². The first-order valence-electron chi connectivity index (χ1n) is 21.1. The number of ether oxygens (including phenoxy) is 8. The Morgan fingerprint density at radius 1 is 0.820 bits per heavy atom. The summed E-state index contributed by atoms with van der Waals surface area (Å²) in [6.45, 7) is 12.5. The highest BCUT2D eigenvalue weighted by atomic mass is 16.7. The van der Waals surface area contributed by atoms with E-state index in [-0.39, 0.29) is 49.1 Å². The number of aliphatic hydroxyl groups is 2. The van der Waals surface area contributed by atoms with E-state index in [1.807, 2.05) is 19.9 Å². The Balaban J connectivity index is 1.23. The zero-order chi connectivity index (χ0) is 45.0. The summed E-state index contributed by atoms with van der Waals surface area (Å²) in [4.78, 5) is 87.8. The fourth-order valence-electron chi connectivity index (χ4n) is 11.7. The Kier molecular flexibility index (Phi) is 13.0. The topological polar surface area (TPSA) is 234 Å². The van der Waals surface area contributed by atoms with Crippen molar-refractivity contribution in [2.75, 3.05) is 13.2 Å². The standard InChI is InChI=1S/C44H60O17/c1-21-16-35(61-39(51)29(21)19-54-22(2)45)43(9,52)33-13-15-44(53)31-11-10-27-17-28(18-34(50)42(27,8)30(31)12-14-41(33,44)7)59-40-38(58-26(6)49)37(57-25(5)48)36(56-24(4)47)32(60-40)20-55-23(3)46/h10,28,30-33,35-38,40,52-53H,11-20H2,1-9H3/t28-,30+,31-,32-,33+,35-,36-,37+,38-,40-,41-,42+,43-,44-/m1/s1. The molecule has 2 heterocycles. The van der Waals surface area contributed by atoms with E-state index < -0.39 is 113 Å². The number of hydrogen-bond donors (Lipinski definition) is 2. The molecule has 14 atom stereocenters. The van der Waals surface area contributed by atoms with Crippen LogP contribution in [0.15, 0.2) is 22.8 Å². The smallest absolute Gasteiger partial charge is 0.337 e. The Morgan fingerprint density at radius 3 is 2.05 bits per heavy atom. The molecule has 0 bridgehead atoms. The molecule has 3 saturated carbocycles. The summed E-state index contributed by atoms with van der Waals surface area (Å²) in [5.74, 6) is -5.30. The minimum Gasteiger partial charge on any atom is -0.463 e. The van der Waals surface area contributed by atoms with Crippen molar-refractivity contribution in [1.82, 2.24) is 0 Å². The van der Waals surface area contributed by atoms with E-state index in [0.29, 0.717) is 37.7 Å². The van der Waals surface area contributed by atoms with Gasteiger partial charge in [-0.05, 0) is 77.0 Å². The predicted octanol–water partition coefficient (Wildman–Crippen LogP) is 3.27. The summed E-state index contributed by atoms with van der Waals surface area (Å²) in [6.07, 6.45) is -3.73. The van der Waals surface area contributed by atoms with Crippen molar-refractivity contribution >= 4 is 41.6 Å². The second kappa shape index (κ2) is 17.2. The van der Waals surface area contributed by atoms with Gasteiger partial charge in [-0.25, -0.2) is 4.79 Å². The zero-order valence-corrected chi connectivity index (χ0v) is 36.4. The molecule has 6 rings (SSSR count). The average molecular weight is 861 g/mol. The van der Waals surface area contributed by atoms with Gasteiger partial charge in [0, 0.05) is 52.9 Å². The number of fused-ring (bicyclic) bond motifs is 5. The van der Waals surface area contributed by atoms with Crippen LogP contribution in [0.1, 0.15) is 114 Å². The van der Waals surface area contributed by atoms with Crippen LogP contribution in [0.5, 0.6) is 0 Å². The van der Waals surface area contributed by atoms with Crippen molar-refractivity contribution in [2.45, 2.75) is 168 Å². The highest BCUT2D eigenvalue weighted by Gasteiger charge is 2.70. The SMILES string of the molecule is CC(=O)OCC1=C(C)C[C@H]([C@](C)(O)[C@H]2CC[C@@]3(O)[C@@H]4CC=C5C[C@@H](O[C@@H]6O[C@H](COC(C)=O)[C@@H](OC(C)=O)[C@H](OC(C)=O)[C@H]6OC(C)=O)CC(=O)[C@]5(C)[C@H]4CC[C@]23C)OC1=O. The second-order valence-corrected chi connectivity index (χ2v) is 18.4. The van der Waals surface area contributed by atoms with Gasteiger partial charge in [-0.15, -0.1) is 0 Å². The highest BCUT2D eigenvalue weighted by Crippen LogP contribution is 2.69. The Hall–Kier alpha value is -4.19. The molecule has 338 valence electrons. The van der Waals surface area contributed by atoms with Crippen LogP contribution in [0.25, 0.3) is 0 Å². The molecule has 0 spiro atoms. The van der Waals surface area contributed by atoms with Gasteiger partial charge in [-0.1, -0.05) is 24.1 Å². The third kappa shape index (κ3) is 8.51. The largest absolute Gasteiger partial charge is 0.463 e. The molecule has 1 saturated heterocycles. The molecule has 4 fully saturated rings. The molecule has 61 heavy (non-hydrogen) atoms. The van der Waals surface area contributed by atoms with Gasteiger partial charge in [0.15, 0.2) is 24.6 Å². The van der Waals surface area contributed by atoms with Gasteiger partial charge in [0.25, 0.3) is 0 Å². The maximum atomic E-state index is 14.6. The lowest BCUT2D eigenvalue weighted by atomic mass is 9.44. The quantitative estimate of drug-likeness (QED) is 0.172. The van der Waals surface area contributed by atoms with E-state index in [1.54, 1.807) is 13.8 Å². The molecule has 17 nitrogen and oxygen atoms in total. The van der Waals surface area contributed by atoms with Crippen molar-refractivity contribution in [3.05, 3.63) is 22.8 Å². The van der Waals surface area contributed by atoms with Crippen LogP contribution in [-0.2, 0) is 71.5 Å². The average Bonchev–Trinajstić information content (AvgIpc) is 3.44. The third-order valence-electron chi connectivity index (χ3n) is 14.7. The lowest BCUT2D eigenvalue weighted by Crippen LogP contribution is -2.65. The summed E-state index contributed by atoms with van der Waals surface area (Å²) in [5, 5.41) is 25.2. The molecule has 2 N–H and O–H groups in total. The summed E-state index contributed by atoms with van der Waals surface area (Å²) >= 11 is 0. The minimum atomic E-state index is -1.52. The molecule has 0 aromatic carbocycles. The molecule has 6 aliphatic rings. The summed E-state index contributed by atoms with van der Waals surface area (Å²) < 4.78 is 45.3. The number of esters is 6. The molecule has 0 amide bonds. The number of carbonyl (C=O) groups excluding carboxylic acids is 7. The van der Waals surface area contributed by atoms with Crippen LogP contribution in [0, 0.1) is 28.6 Å². The van der Waals surface area contributed by atoms with Gasteiger partial charge >= 0.3 is 35.8 Å². The number of hydrogen-bond acceptors (Lipinski definition) is 17. The van der Waals surface area contributed by atoms with Crippen LogP contribution in [0.2, 0.25) is 0 Å². The van der Waals surface area contributed by atoms with Gasteiger partial charge in [-0.3, -0.25) is 28.8 Å². The van der Waals surface area contributed by atoms with Crippen LogP contribution in [-0.4, -0.2) is 119 Å². The van der Waals surface area contributed by atoms with Crippen molar-refractivity contribution in [1.29, 1.82) is 0 Å². The number of Topliss-reactive ketones (excluding diaryl/α,β-unsaturated/α-hetero) is 1. The van der Waals surface area contributed by atoms with E-state index >= 15 is 0 Å². The van der Waals surface area contributed by atoms with Gasteiger partial charge in [-0.2, -0.15) is 0 Å². The molecule has 4 aliphatic carbocycles. The van der Waals surface area contributed by atoms with Crippen LogP contribution in [0.3, 0.4) is 0 Å². The lowest BCUT2D eigenvalue weighted by molar-refractivity contribution is -0.317. The molecule has 0 aromatic rings. The predicted molar refractivity (Wildman–Crippen MR) is 208 cm³/mol. The van der Waals surface area contributed by atoms with Gasteiger partial charge < -0.3 is 48.1 Å². The van der Waals surface area contributed by atoms with E-state index in [1.165, 1.54) is 13.8 Å². The zero-order valence-electron chi connectivity index (χ0n) is 36.4. The summed E-state index contributed by atoms with van der Waals surface area (Å²) in [5.41, 5.74) is -2.79. The monoisotopic (exact) mass is 860 g/mol. The van der Waals surface area contributed by atoms with Crippen LogP contribution < -0.4 is 0 Å². The Bertz CT molecular complexity index is 1880. The summed E-state index contributed by atoms with van der Waals surface area (Å²) in [6, 6.07) is 0. The molecule has 17 heteroatoms.